The first-order valence-corrected chi connectivity index (χ1v) is 12.6. The van der Waals surface area contributed by atoms with Gasteiger partial charge in [0.15, 0.2) is 0 Å². The molecule has 2 aliphatic heterocycles. The molecule has 0 saturated carbocycles. The molecule has 9 heteroatoms. The quantitative estimate of drug-likeness (QED) is 0.640. The maximum Gasteiger partial charge on any atom is 0.315 e. The fraction of sp³-hybridized carbons (Fsp3) is 0.667. The number of sulfonamides is 1. The summed E-state index contributed by atoms with van der Waals surface area (Å²) in [5, 5.41) is 5.86. The first-order valence-electron chi connectivity index (χ1n) is 10.8. The zero-order valence-corrected chi connectivity index (χ0v) is 18.6. The van der Waals surface area contributed by atoms with Gasteiger partial charge in [-0.2, -0.15) is 0 Å². The van der Waals surface area contributed by atoms with Crippen molar-refractivity contribution in [3.8, 4) is 0 Å². The second-order valence-corrected chi connectivity index (χ2v) is 10.1. The Balaban J connectivity index is 1.48. The van der Waals surface area contributed by atoms with E-state index in [4.69, 9.17) is 4.74 Å². The first-order chi connectivity index (χ1) is 14.4. The van der Waals surface area contributed by atoms with Gasteiger partial charge >= 0.3 is 6.03 Å². The molecule has 1 aromatic carbocycles. The van der Waals surface area contributed by atoms with E-state index in [1.54, 1.807) is 4.31 Å². The van der Waals surface area contributed by atoms with Crippen LogP contribution in [0.1, 0.15) is 31.2 Å². The lowest BCUT2D eigenvalue weighted by molar-refractivity contribution is 0.00774. The maximum absolute atomic E-state index is 12.2. The number of carbonyl (C=O) groups is 1. The van der Waals surface area contributed by atoms with E-state index < -0.39 is 10.0 Å². The third-order valence-electron chi connectivity index (χ3n) is 5.97. The summed E-state index contributed by atoms with van der Waals surface area (Å²) >= 11 is 0. The van der Waals surface area contributed by atoms with Crippen molar-refractivity contribution < 1.29 is 17.9 Å². The van der Waals surface area contributed by atoms with Crippen LogP contribution in [0.4, 0.5) is 4.79 Å². The van der Waals surface area contributed by atoms with E-state index in [0.29, 0.717) is 38.3 Å². The van der Waals surface area contributed by atoms with Gasteiger partial charge in [-0.1, -0.05) is 30.3 Å². The Morgan fingerprint density at radius 2 is 1.70 bits per heavy atom. The molecule has 0 radical (unpaired) electrons. The van der Waals surface area contributed by atoms with Crippen molar-refractivity contribution >= 4 is 16.1 Å². The Kier molecular flexibility index (Phi) is 8.50. The molecule has 0 aliphatic carbocycles. The number of nitrogens with zero attached hydrogens (tertiary/aromatic N) is 2. The Morgan fingerprint density at radius 1 is 1.07 bits per heavy atom. The van der Waals surface area contributed by atoms with Crippen LogP contribution in [-0.4, -0.2) is 81.4 Å². The van der Waals surface area contributed by atoms with Crippen molar-refractivity contribution in [1.29, 1.82) is 0 Å². The average Bonchev–Trinajstić information content (AvgIpc) is 2.76. The lowest BCUT2D eigenvalue weighted by atomic mass is 9.99. The van der Waals surface area contributed by atoms with Crippen LogP contribution in [0.15, 0.2) is 30.3 Å². The number of ether oxygens (including phenoxy) is 1. The molecule has 2 saturated heterocycles. The van der Waals surface area contributed by atoms with Gasteiger partial charge in [-0.15, -0.1) is 0 Å². The molecule has 2 heterocycles. The van der Waals surface area contributed by atoms with Gasteiger partial charge in [-0.3, -0.25) is 4.90 Å². The normalized spacial score (nSPS) is 19.7. The molecular formula is C21H34N4O4S. The minimum atomic E-state index is -3.13. The predicted octanol–water partition coefficient (Wildman–Crippen LogP) is 1.39. The number of hydrogen-bond donors (Lipinski definition) is 2. The summed E-state index contributed by atoms with van der Waals surface area (Å²) in [7, 11) is -3.13. The first kappa shape index (κ1) is 23.0. The summed E-state index contributed by atoms with van der Waals surface area (Å²) in [6.07, 6.45) is 4.88. The van der Waals surface area contributed by atoms with Crippen LogP contribution in [-0.2, 0) is 21.3 Å². The topological polar surface area (TPSA) is 91.0 Å². The highest BCUT2D eigenvalue weighted by molar-refractivity contribution is 7.88. The molecule has 8 nitrogen and oxygen atoms in total. The lowest BCUT2D eigenvalue weighted by Crippen LogP contribution is -2.53. The fourth-order valence-electron chi connectivity index (χ4n) is 4.32. The molecule has 3 rings (SSSR count). The molecule has 0 spiro atoms. The Hall–Kier alpha value is -1.68. The monoisotopic (exact) mass is 438 g/mol. The average molecular weight is 439 g/mol. The predicted molar refractivity (Wildman–Crippen MR) is 117 cm³/mol. The van der Waals surface area contributed by atoms with Gasteiger partial charge in [0.05, 0.1) is 6.26 Å². The molecule has 30 heavy (non-hydrogen) atoms. The highest BCUT2D eigenvalue weighted by atomic mass is 32.2. The fourth-order valence-corrected chi connectivity index (χ4v) is 5.20. The number of nitrogens with one attached hydrogen (secondary N) is 2. The Labute approximate surface area is 180 Å². The second-order valence-electron chi connectivity index (χ2n) is 8.07. The van der Waals surface area contributed by atoms with Gasteiger partial charge in [-0.05, 0) is 31.2 Å². The van der Waals surface area contributed by atoms with Gasteiger partial charge in [-0.25, -0.2) is 17.5 Å². The van der Waals surface area contributed by atoms with Crippen molar-refractivity contribution in [2.75, 3.05) is 45.6 Å². The molecule has 2 N–H and O–H groups in total. The summed E-state index contributed by atoms with van der Waals surface area (Å²) in [6.45, 7) is 4.46. The summed E-state index contributed by atoms with van der Waals surface area (Å²) in [5.41, 5.74) is 1.06. The van der Waals surface area contributed by atoms with Gasteiger partial charge in [0.25, 0.3) is 0 Å². The van der Waals surface area contributed by atoms with Crippen molar-refractivity contribution in [3.63, 3.8) is 0 Å². The van der Waals surface area contributed by atoms with Crippen LogP contribution < -0.4 is 10.6 Å². The summed E-state index contributed by atoms with van der Waals surface area (Å²) in [5.74, 6) is 0. The largest absolute Gasteiger partial charge is 0.381 e. The third-order valence-corrected chi connectivity index (χ3v) is 7.28. The Morgan fingerprint density at radius 3 is 2.33 bits per heavy atom. The van der Waals surface area contributed by atoms with Crippen molar-refractivity contribution in [2.24, 2.45) is 0 Å². The van der Waals surface area contributed by atoms with Crippen molar-refractivity contribution in [2.45, 2.75) is 44.3 Å². The molecule has 0 aromatic heterocycles. The zero-order valence-electron chi connectivity index (χ0n) is 17.8. The highest BCUT2D eigenvalue weighted by Gasteiger charge is 2.32. The van der Waals surface area contributed by atoms with Gasteiger partial charge in [0.2, 0.25) is 10.0 Å². The van der Waals surface area contributed by atoms with Crippen LogP contribution in [0, 0.1) is 0 Å². The molecule has 0 unspecified atom stereocenters. The van der Waals surface area contributed by atoms with E-state index in [1.165, 1.54) is 6.26 Å². The third kappa shape index (κ3) is 6.94. The molecule has 1 aromatic rings. The maximum atomic E-state index is 12.2. The number of hydrogen-bond acceptors (Lipinski definition) is 5. The van der Waals surface area contributed by atoms with Crippen LogP contribution in [0.2, 0.25) is 0 Å². The number of benzene rings is 1. The Bertz CT molecular complexity index is 760. The van der Waals surface area contributed by atoms with Gasteiger partial charge in [0, 0.05) is 58.0 Å². The summed E-state index contributed by atoms with van der Waals surface area (Å²) in [4.78, 5) is 14.6. The SMILES string of the molecule is CS(=O)(=O)N1CCC(N(CCNC(=O)NCc2ccccc2)C2CCOCC2)CC1. The standard InChI is InChI=1S/C21H34N4O4S/c1-30(27,28)24-12-7-19(8-13-24)25(20-9-15-29-16-10-20)14-11-22-21(26)23-17-18-5-3-2-4-6-18/h2-6,19-20H,7-17H2,1H3,(H2,22,23,26). The molecule has 168 valence electrons. The van der Waals surface area contributed by atoms with Crippen molar-refractivity contribution in [1.82, 2.24) is 19.8 Å². The van der Waals surface area contributed by atoms with E-state index in [-0.39, 0.29) is 6.03 Å². The van der Waals surface area contributed by atoms with E-state index in [1.807, 2.05) is 30.3 Å². The molecule has 2 amide bonds. The molecule has 2 aliphatic rings. The number of amides is 2. The number of carbonyl (C=O) groups excluding carboxylic acids is 1. The number of urea groups is 1. The van der Waals surface area contributed by atoms with Crippen LogP contribution in [0.25, 0.3) is 0 Å². The molecular weight excluding hydrogens is 404 g/mol. The van der Waals surface area contributed by atoms with Gasteiger partial charge in [0.1, 0.15) is 0 Å². The van der Waals surface area contributed by atoms with Crippen LogP contribution in [0.3, 0.4) is 0 Å². The summed E-state index contributed by atoms with van der Waals surface area (Å²) < 4.78 is 30.7. The minimum Gasteiger partial charge on any atom is -0.381 e. The van der Waals surface area contributed by atoms with E-state index >= 15 is 0 Å². The van der Waals surface area contributed by atoms with Crippen molar-refractivity contribution in [3.05, 3.63) is 35.9 Å². The van der Waals surface area contributed by atoms with E-state index in [0.717, 1.165) is 51.0 Å². The van der Waals surface area contributed by atoms with Gasteiger partial charge < -0.3 is 15.4 Å². The molecule has 0 atom stereocenters. The summed E-state index contributed by atoms with van der Waals surface area (Å²) in [6, 6.07) is 10.4. The zero-order chi connectivity index (χ0) is 21.4. The number of rotatable bonds is 8. The molecule has 0 bridgehead atoms. The minimum absolute atomic E-state index is 0.169. The van der Waals surface area contributed by atoms with E-state index in [9.17, 15) is 13.2 Å². The number of piperidine rings is 1. The highest BCUT2D eigenvalue weighted by Crippen LogP contribution is 2.24. The van der Waals surface area contributed by atoms with E-state index in [2.05, 4.69) is 15.5 Å². The smallest absolute Gasteiger partial charge is 0.315 e. The lowest BCUT2D eigenvalue weighted by Gasteiger charge is -2.43. The van der Waals surface area contributed by atoms with Crippen LogP contribution in [0.5, 0.6) is 0 Å². The van der Waals surface area contributed by atoms with Crippen LogP contribution >= 0.6 is 0 Å². The second kappa shape index (κ2) is 11.1. The molecule has 2 fully saturated rings.